The highest BCUT2D eigenvalue weighted by Crippen LogP contribution is 2.17. The number of carbonyl (C=O) groups is 1. The summed E-state index contributed by atoms with van der Waals surface area (Å²) in [6.45, 7) is 1.75. The van der Waals surface area contributed by atoms with Gasteiger partial charge in [-0.3, -0.25) is 9.78 Å². The first-order chi connectivity index (χ1) is 13.6. The molecule has 0 bridgehead atoms. The Kier molecular flexibility index (Phi) is 4.63. The maximum Gasteiger partial charge on any atom is 0.255 e. The van der Waals surface area contributed by atoms with Gasteiger partial charge in [0.15, 0.2) is 0 Å². The van der Waals surface area contributed by atoms with Crippen LogP contribution in [0.2, 0.25) is 0 Å². The smallest absolute Gasteiger partial charge is 0.255 e. The molecule has 8 nitrogen and oxygen atoms in total. The fraction of sp³-hybridized carbons (Fsp3) is 0.105. The van der Waals surface area contributed by atoms with E-state index in [1.807, 2.05) is 0 Å². The van der Waals surface area contributed by atoms with Gasteiger partial charge in [-0.1, -0.05) is 17.3 Å². The van der Waals surface area contributed by atoms with E-state index in [0.29, 0.717) is 17.1 Å². The number of hydrogen-bond donors (Lipinski definition) is 1. The summed E-state index contributed by atoms with van der Waals surface area (Å²) in [6, 6.07) is 9.74. The summed E-state index contributed by atoms with van der Waals surface area (Å²) in [5.74, 6) is -0.117. The van der Waals surface area contributed by atoms with Crippen molar-refractivity contribution in [3.8, 4) is 17.1 Å². The Morgan fingerprint density at radius 1 is 1.21 bits per heavy atom. The van der Waals surface area contributed by atoms with Crippen molar-refractivity contribution in [1.82, 2.24) is 30.2 Å². The largest absolute Gasteiger partial charge is 0.343 e. The maximum atomic E-state index is 14.0. The lowest BCUT2D eigenvalue weighted by molar-refractivity contribution is 0.0945. The number of pyridine rings is 1. The molecular formula is C19H15FN6O2. The van der Waals surface area contributed by atoms with E-state index in [1.165, 1.54) is 16.9 Å². The molecule has 0 atom stereocenters. The molecule has 0 fully saturated rings. The minimum absolute atomic E-state index is 0.0568. The Hall–Kier alpha value is -3.88. The highest BCUT2D eigenvalue weighted by atomic mass is 19.1. The molecule has 3 aromatic heterocycles. The van der Waals surface area contributed by atoms with E-state index in [-0.39, 0.29) is 24.0 Å². The van der Waals surface area contributed by atoms with Crippen LogP contribution in [0.3, 0.4) is 0 Å². The lowest BCUT2D eigenvalue weighted by atomic mass is 10.2. The van der Waals surface area contributed by atoms with Gasteiger partial charge in [0.25, 0.3) is 5.91 Å². The zero-order chi connectivity index (χ0) is 19.5. The first-order valence-electron chi connectivity index (χ1n) is 8.44. The van der Waals surface area contributed by atoms with Gasteiger partial charge >= 0.3 is 0 Å². The number of amides is 1. The molecule has 1 amide bonds. The van der Waals surface area contributed by atoms with E-state index < -0.39 is 5.82 Å². The average molecular weight is 378 g/mol. The Morgan fingerprint density at radius 3 is 2.79 bits per heavy atom. The van der Waals surface area contributed by atoms with E-state index in [0.717, 1.165) is 5.56 Å². The fourth-order valence-electron chi connectivity index (χ4n) is 2.69. The van der Waals surface area contributed by atoms with Crippen LogP contribution in [0, 0.1) is 12.7 Å². The third-order valence-electron chi connectivity index (χ3n) is 4.14. The Labute approximate surface area is 159 Å². The van der Waals surface area contributed by atoms with Crippen molar-refractivity contribution in [2.45, 2.75) is 13.5 Å². The third kappa shape index (κ3) is 3.37. The Balaban J connectivity index is 1.47. The molecule has 140 valence electrons. The van der Waals surface area contributed by atoms with Crippen LogP contribution in [-0.4, -0.2) is 30.8 Å². The number of aromatic nitrogens is 5. The van der Waals surface area contributed by atoms with Crippen LogP contribution in [0.5, 0.6) is 0 Å². The van der Waals surface area contributed by atoms with Crippen LogP contribution in [-0.2, 0) is 6.54 Å². The Bertz CT molecular complexity index is 1120. The minimum atomic E-state index is -0.421. The number of halogens is 1. The van der Waals surface area contributed by atoms with E-state index in [9.17, 15) is 9.18 Å². The number of hydrogen-bond acceptors (Lipinski definition) is 6. The van der Waals surface area contributed by atoms with Crippen molar-refractivity contribution in [2.75, 3.05) is 0 Å². The summed E-state index contributed by atoms with van der Waals surface area (Å²) in [7, 11) is 0. The highest BCUT2D eigenvalue weighted by molar-refractivity contribution is 5.95. The van der Waals surface area contributed by atoms with Gasteiger partial charge in [0, 0.05) is 18.0 Å². The SMILES string of the molecule is Cc1c(C(=O)NCc2nc(-c3ccncc3)no2)cnn1-c1ccccc1F. The monoisotopic (exact) mass is 378 g/mol. The first-order valence-corrected chi connectivity index (χ1v) is 8.44. The van der Waals surface area contributed by atoms with E-state index in [2.05, 4.69) is 25.5 Å². The maximum absolute atomic E-state index is 14.0. The third-order valence-corrected chi connectivity index (χ3v) is 4.14. The molecule has 1 aromatic carbocycles. The lowest BCUT2D eigenvalue weighted by Gasteiger charge is -2.06. The van der Waals surface area contributed by atoms with Crippen molar-refractivity contribution < 1.29 is 13.7 Å². The zero-order valence-corrected chi connectivity index (χ0v) is 14.8. The summed E-state index contributed by atoms with van der Waals surface area (Å²) in [5, 5.41) is 10.7. The van der Waals surface area contributed by atoms with E-state index in [1.54, 1.807) is 49.6 Å². The molecule has 0 aliphatic heterocycles. The molecule has 0 unspecified atom stereocenters. The zero-order valence-electron chi connectivity index (χ0n) is 14.8. The molecule has 1 N–H and O–H groups in total. The van der Waals surface area contributed by atoms with Gasteiger partial charge in [0.1, 0.15) is 11.5 Å². The molecule has 0 radical (unpaired) electrons. The second kappa shape index (κ2) is 7.39. The van der Waals surface area contributed by atoms with Gasteiger partial charge in [0.2, 0.25) is 11.7 Å². The van der Waals surface area contributed by atoms with Gasteiger partial charge in [-0.2, -0.15) is 10.1 Å². The first kappa shape index (κ1) is 17.5. The van der Waals surface area contributed by atoms with Crippen LogP contribution in [0.1, 0.15) is 21.9 Å². The molecule has 4 aromatic rings. The number of rotatable bonds is 5. The van der Waals surface area contributed by atoms with Crippen LogP contribution in [0.15, 0.2) is 59.5 Å². The van der Waals surface area contributed by atoms with Crippen LogP contribution in [0.4, 0.5) is 4.39 Å². The molecular weight excluding hydrogens is 363 g/mol. The van der Waals surface area contributed by atoms with Gasteiger partial charge in [-0.05, 0) is 31.2 Å². The normalized spacial score (nSPS) is 10.8. The molecule has 0 aliphatic rings. The summed E-state index contributed by atoms with van der Waals surface area (Å²) < 4.78 is 20.5. The molecule has 4 rings (SSSR count). The van der Waals surface area contributed by atoms with Gasteiger partial charge in [-0.25, -0.2) is 9.07 Å². The molecule has 0 saturated heterocycles. The standard InChI is InChI=1S/C19H15FN6O2/c1-12-14(10-23-26(12)16-5-3-2-4-15(16)20)19(27)22-11-17-24-18(25-28-17)13-6-8-21-9-7-13/h2-10H,11H2,1H3,(H,22,27). The highest BCUT2D eigenvalue weighted by Gasteiger charge is 2.17. The van der Waals surface area contributed by atoms with Crippen LogP contribution < -0.4 is 5.32 Å². The lowest BCUT2D eigenvalue weighted by Crippen LogP contribution is -2.23. The molecule has 3 heterocycles. The van der Waals surface area contributed by atoms with Gasteiger partial charge < -0.3 is 9.84 Å². The number of para-hydroxylation sites is 1. The predicted octanol–water partition coefficient (Wildman–Crippen LogP) is 2.69. The minimum Gasteiger partial charge on any atom is -0.343 e. The van der Waals surface area contributed by atoms with Crippen molar-refractivity contribution >= 4 is 5.91 Å². The van der Waals surface area contributed by atoms with Gasteiger partial charge in [-0.15, -0.1) is 0 Å². The number of nitrogens with zero attached hydrogens (tertiary/aromatic N) is 5. The van der Waals surface area contributed by atoms with Crippen molar-refractivity contribution in [3.05, 3.63) is 78.0 Å². The molecule has 0 aliphatic carbocycles. The van der Waals surface area contributed by atoms with E-state index >= 15 is 0 Å². The fourth-order valence-corrected chi connectivity index (χ4v) is 2.69. The van der Waals surface area contributed by atoms with Gasteiger partial charge in [0.05, 0.1) is 24.0 Å². The quantitative estimate of drug-likeness (QED) is 0.573. The average Bonchev–Trinajstić information content (AvgIpc) is 3.34. The summed E-state index contributed by atoms with van der Waals surface area (Å²) in [6.07, 6.45) is 4.65. The van der Waals surface area contributed by atoms with E-state index in [4.69, 9.17) is 4.52 Å². The second-order valence-corrected chi connectivity index (χ2v) is 5.94. The number of benzene rings is 1. The van der Waals surface area contributed by atoms with Crippen molar-refractivity contribution in [1.29, 1.82) is 0 Å². The number of carbonyl (C=O) groups excluding carboxylic acids is 1. The van der Waals surface area contributed by atoms with Crippen LogP contribution in [0.25, 0.3) is 17.1 Å². The summed E-state index contributed by atoms with van der Waals surface area (Å²) >= 11 is 0. The summed E-state index contributed by atoms with van der Waals surface area (Å²) in [4.78, 5) is 20.7. The number of nitrogens with one attached hydrogen (secondary N) is 1. The topological polar surface area (TPSA) is 98.7 Å². The predicted molar refractivity (Wildman–Crippen MR) is 97.0 cm³/mol. The molecule has 0 saturated carbocycles. The second-order valence-electron chi connectivity index (χ2n) is 5.94. The Morgan fingerprint density at radius 2 is 2.00 bits per heavy atom. The molecule has 0 spiro atoms. The van der Waals surface area contributed by atoms with Crippen molar-refractivity contribution in [2.24, 2.45) is 0 Å². The van der Waals surface area contributed by atoms with Crippen molar-refractivity contribution in [3.63, 3.8) is 0 Å². The molecule has 9 heteroatoms. The van der Waals surface area contributed by atoms with Crippen LogP contribution >= 0.6 is 0 Å². The molecule has 28 heavy (non-hydrogen) atoms. The summed E-state index contributed by atoms with van der Waals surface area (Å²) in [5.41, 5.74) is 1.89.